The number of nitrogens with one attached hydrogen (secondary N) is 1. The van der Waals surface area contributed by atoms with E-state index in [4.69, 9.17) is 0 Å². The molecule has 0 atom stereocenters. The van der Waals surface area contributed by atoms with Gasteiger partial charge in [0.05, 0.1) is 0 Å². The molecule has 0 unspecified atom stereocenters. The van der Waals surface area contributed by atoms with Crippen LogP contribution < -0.4 is 5.32 Å². The Morgan fingerprint density at radius 1 is 1.12 bits per heavy atom. The first-order valence-corrected chi connectivity index (χ1v) is 5.89. The minimum Gasteiger partial charge on any atom is -0.381 e. The molecule has 0 radical (unpaired) electrons. The van der Waals surface area contributed by atoms with Crippen LogP contribution in [0.2, 0.25) is 0 Å². The van der Waals surface area contributed by atoms with Gasteiger partial charge in [0.25, 0.3) is 0 Å². The molecule has 1 heteroatoms. The lowest BCUT2D eigenvalue weighted by molar-refractivity contribution is 0.717. The third kappa shape index (κ3) is 2.19. The minimum atomic E-state index is 0.627. The maximum absolute atomic E-state index is 3.50. The molecule has 0 spiro atoms. The minimum absolute atomic E-state index is 0.627. The van der Waals surface area contributed by atoms with Gasteiger partial charge < -0.3 is 5.32 Å². The largest absolute Gasteiger partial charge is 0.381 e. The highest BCUT2D eigenvalue weighted by Crippen LogP contribution is 2.21. The number of rotatable bonds is 2. The second kappa shape index (κ2) is 4.56. The summed E-state index contributed by atoms with van der Waals surface area (Å²) in [5.74, 6) is 0.627. The second-order valence-corrected chi connectivity index (χ2v) is 4.65. The topological polar surface area (TPSA) is 12.0 Å². The maximum Gasteiger partial charge on any atom is 0.0419 e. The molecule has 1 nitrogen and oxygen atoms in total. The van der Waals surface area contributed by atoms with E-state index in [0.29, 0.717) is 5.92 Å². The fourth-order valence-electron chi connectivity index (χ4n) is 1.96. The molecule has 0 fully saturated rings. The Kier molecular flexibility index (Phi) is 3.14. The maximum atomic E-state index is 3.50. The summed E-state index contributed by atoms with van der Waals surface area (Å²) in [5, 5.41) is 3.50. The van der Waals surface area contributed by atoms with Crippen molar-refractivity contribution in [2.45, 2.75) is 20.8 Å². The van der Waals surface area contributed by atoms with Crippen molar-refractivity contribution in [1.82, 2.24) is 5.32 Å². The molecule has 84 valence electrons. The third-order valence-corrected chi connectivity index (χ3v) is 3.12. The predicted molar refractivity (Wildman–Crippen MR) is 70.1 cm³/mol. The Labute approximate surface area is 97.9 Å². The van der Waals surface area contributed by atoms with Crippen LogP contribution in [0.15, 0.2) is 42.0 Å². The van der Waals surface area contributed by atoms with Gasteiger partial charge in [-0.3, -0.25) is 0 Å². The van der Waals surface area contributed by atoms with E-state index in [0.717, 1.165) is 6.54 Å². The van der Waals surface area contributed by atoms with Gasteiger partial charge in [-0.25, -0.2) is 0 Å². The molecule has 0 amide bonds. The van der Waals surface area contributed by atoms with Crippen LogP contribution in [0.3, 0.4) is 0 Å². The van der Waals surface area contributed by atoms with E-state index in [2.05, 4.69) is 62.5 Å². The first-order chi connectivity index (χ1) is 7.68. The summed E-state index contributed by atoms with van der Waals surface area (Å²) < 4.78 is 0. The molecule has 1 heterocycles. The molecular weight excluding hydrogens is 194 g/mol. The predicted octanol–water partition coefficient (Wildman–Crippen LogP) is 3.52. The molecule has 0 saturated heterocycles. The van der Waals surface area contributed by atoms with Crippen molar-refractivity contribution in [3.05, 3.63) is 53.1 Å². The van der Waals surface area contributed by atoms with Crippen molar-refractivity contribution in [1.29, 1.82) is 0 Å². The lowest BCUT2D eigenvalue weighted by Gasteiger charge is -2.20. The number of benzene rings is 1. The highest BCUT2D eigenvalue weighted by Gasteiger charge is 2.10. The van der Waals surface area contributed by atoms with E-state index in [1.807, 2.05) is 0 Å². The SMILES string of the molecule is Cc1ccccc1C1=CC=C(C(C)C)CN1. The lowest BCUT2D eigenvalue weighted by atomic mass is 9.97. The van der Waals surface area contributed by atoms with Crippen LogP contribution in [-0.4, -0.2) is 6.54 Å². The van der Waals surface area contributed by atoms with Gasteiger partial charge in [-0.05, 0) is 30.1 Å². The Hall–Kier alpha value is -1.50. The third-order valence-electron chi connectivity index (χ3n) is 3.12. The molecular formula is C15H19N. The van der Waals surface area contributed by atoms with Gasteiger partial charge in [0.2, 0.25) is 0 Å². The number of hydrogen-bond acceptors (Lipinski definition) is 1. The molecule has 1 aromatic rings. The zero-order valence-corrected chi connectivity index (χ0v) is 10.2. The van der Waals surface area contributed by atoms with Gasteiger partial charge in [-0.15, -0.1) is 0 Å². The van der Waals surface area contributed by atoms with E-state index in [9.17, 15) is 0 Å². The standard InChI is InChI=1S/C15H19N/c1-11(2)13-8-9-15(16-10-13)14-7-5-4-6-12(14)3/h4-9,11,16H,10H2,1-3H3. The van der Waals surface area contributed by atoms with Gasteiger partial charge >= 0.3 is 0 Å². The summed E-state index contributed by atoms with van der Waals surface area (Å²) in [6.07, 6.45) is 4.45. The average molecular weight is 213 g/mol. The van der Waals surface area contributed by atoms with Crippen molar-refractivity contribution in [2.75, 3.05) is 6.54 Å². The first kappa shape index (κ1) is 11.0. The molecule has 1 aliphatic rings. The van der Waals surface area contributed by atoms with E-state index < -0.39 is 0 Å². The van der Waals surface area contributed by atoms with Crippen LogP contribution in [0.5, 0.6) is 0 Å². The van der Waals surface area contributed by atoms with Gasteiger partial charge in [-0.2, -0.15) is 0 Å². The molecule has 0 saturated carbocycles. The smallest absolute Gasteiger partial charge is 0.0419 e. The van der Waals surface area contributed by atoms with E-state index in [1.165, 1.54) is 22.4 Å². The summed E-state index contributed by atoms with van der Waals surface area (Å²) in [7, 11) is 0. The first-order valence-electron chi connectivity index (χ1n) is 5.89. The number of hydrogen-bond donors (Lipinski definition) is 1. The monoisotopic (exact) mass is 213 g/mol. The number of dihydropyridines is 1. The van der Waals surface area contributed by atoms with Crippen molar-refractivity contribution >= 4 is 5.70 Å². The lowest BCUT2D eigenvalue weighted by Crippen LogP contribution is -2.21. The number of aryl methyl sites for hydroxylation is 1. The Morgan fingerprint density at radius 3 is 2.44 bits per heavy atom. The molecule has 1 N–H and O–H groups in total. The van der Waals surface area contributed by atoms with E-state index in [-0.39, 0.29) is 0 Å². The summed E-state index contributed by atoms with van der Waals surface area (Å²) in [4.78, 5) is 0. The van der Waals surface area contributed by atoms with Crippen LogP contribution in [0.4, 0.5) is 0 Å². The van der Waals surface area contributed by atoms with E-state index in [1.54, 1.807) is 0 Å². The zero-order chi connectivity index (χ0) is 11.5. The van der Waals surface area contributed by atoms with Gasteiger partial charge in [0.1, 0.15) is 0 Å². The normalized spacial score (nSPS) is 15.5. The molecule has 1 aliphatic heterocycles. The quantitative estimate of drug-likeness (QED) is 0.792. The van der Waals surface area contributed by atoms with Crippen molar-refractivity contribution in [2.24, 2.45) is 5.92 Å². The second-order valence-electron chi connectivity index (χ2n) is 4.65. The Morgan fingerprint density at radius 2 is 1.88 bits per heavy atom. The van der Waals surface area contributed by atoms with Gasteiger partial charge in [0.15, 0.2) is 0 Å². The molecule has 16 heavy (non-hydrogen) atoms. The van der Waals surface area contributed by atoms with Crippen molar-refractivity contribution in [3.8, 4) is 0 Å². The van der Waals surface area contributed by atoms with Gasteiger partial charge in [-0.1, -0.05) is 44.2 Å². The molecule has 0 bridgehead atoms. The fraction of sp³-hybridized carbons (Fsp3) is 0.333. The van der Waals surface area contributed by atoms with Crippen molar-refractivity contribution < 1.29 is 0 Å². The van der Waals surface area contributed by atoms with Gasteiger partial charge in [0, 0.05) is 17.8 Å². The van der Waals surface area contributed by atoms with Crippen LogP contribution >= 0.6 is 0 Å². The fourth-order valence-corrected chi connectivity index (χ4v) is 1.96. The van der Waals surface area contributed by atoms with Crippen molar-refractivity contribution in [3.63, 3.8) is 0 Å². The highest BCUT2D eigenvalue weighted by atomic mass is 14.9. The Balaban J connectivity index is 2.29. The summed E-state index contributed by atoms with van der Waals surface area (Å²) in [6.45, 7) is 7.59. The average Bonchev–Trinajstić information content (AvgIpc) is 2.30. The van der Waals surface area contributed by atoms with Crippen LogP contribution in [0.25, 0.3) is 5.70 Å². The molecule has 0 aromatic heterocycles. The van der Waals surface area contributed by atoms with Crippen LogP contribution in [-0.2, 0) is 0 Å². The Bertz CT molecular complexity index is 439. The molecule has 0 aliphatic carbocycles. The van der Waals surface area contributed by atoms with Crippen LogP contribution in [0.1, 0.15) is 25.0 Å². The molecule has 1 aromatic carbocycles. The number of allylic oxidation sites excluding steroid dienone is 2. The molecule has 2 rings (SSSR count). The summed E-state index contributed by atoms with van der Waals surface area (Å²) in [5.41, 5.74) is 5.34. The van der Waals surface area contributed by atoms with Crippen LogP contribution in [0, 0.1) is 12.8 Å². The zero-order valence-electron chi connectivity index (χ0n) is 10.2. The highest BCUT2D eigenvalue weighted by molar-refractivity contribution is 5.69. The summed E-state index contributed by atoms with van der Waals surface area (Å²) in [6, 6.07) is 8.49. The van der Waals surface area contributed by atoms with E-state index >= 15 is 0 Å². The summed E-state index contributed by atoms with van der Waals surface area (Å²) >= 11 is 0.